The molecule has 0 aliphatic carbocycles. The Balaban J connectivity index is 2.24. The van der Waals surface area contributed by atoms with E-state index >= 15 is 0 Å². The lowest BCUT2D eigenvalue weighted by Crippen LogP contribution is -2.38. The van der Waals surface area contributed by atoms with Crippen LogP contribution in [0, 0.1) is 5.41 Å². The van der Waals surface area contributed by atoms with E-state index in [1.54, 1.807) is 0 Å². The molecule has 0 fully saturated rings. The van der Waals surface area contributed by atoms with Crippen LogP contribution in [0.2, 0.25) is 0 Å². The molecule has 4 heteroatoms. The Hall–Kier alpha value is -1.55. The molecular weight excluding hydrogens is 166 g/mol. The van der Waals surface area contributed by atoms with Crippen molar-refractivity contribution in [3.63, 3.8) is 0 Å². The SMILES string of the molecule is N=C(N)N1Cc2ccccc2CO1. The van der Waals surface area contributed by atoms with Gasteiger partial charge in [0.1, 0.15) is 6.61 Å². The summed E-state index contributed by atoms with van der Waals surface area (Å²) in [5.41, 5.74) is 7.65. The van der Waals surface area contributed by atoms with Crippen LogP contribution in [0.1, 0.15) is 11.1 Å². The minimum Gasteiger partial charge on any atom is -0.368 e. The molecule has 0 unspecified atom stereocenters. The third-order valence-electron chi connectivity index (χ3n) is 2.08. The third kappa shape index (κ3) is 1.48. The molecule has 1 aliphatic heterocycles. The number of benzene rings is 1. The van der Waals surface area contributed by atoms with Crippen LogP contribution < -0.4 is 5.73 Å². The van der Waals surface area contributed by atoms with Gasteiger partial charge in [-0.05, 0) is 11.1 Å². The Morgan fingerprint density at radius 2 is 2.08 bits per heavy atom. The van der Waals surface area contributed by atoms with Crippen LogP contribution in [0.15, 0.2) is 24.3 Å². The number of nitrogens with two attached hydrogens (primary N) is 1. The van der Waals surface area contributed by atoms with Crippen LogP contribution in [0.25, 0.3) is 0 Å². The van der Waals surface area contributed by atoms with Crippen LogP contribution in [0.5, 0.6) is 0 Å². The fourth-order valence-corrected chi connectivity index (χ4v) is 1.36. The lowest BCUT2D eigenvalue weighted by Gasteiger charge is -2.27. The third-order valence-corrected chi connectivity index (χ3v) is 2.08. The van der Waals surface area contributed by atoms with E-state index in [1.807, 2.05) is 24.3 Å². The highest BCUT2D eigenvalue weighted by Gasteiger charge is 2.16. The number of hydroxylamine groups is 2. The summed E-state index contributed by atoms with van der Waals surface area (Å²) < 4.78 is 0. The molecule has 0 radical (unpaired) electrons. The largest absolute Gasteiger partial charge is 0.368 e. The predicted octanol–water partition coefficient (Wildman–Crippen LogP) is 0.827. The number of hydrogen-bond donors (Lipinski definition) is 2. The normalized spacial score (nSPS) is 15.2. The first kappa shape index (κ1) is 8.07. The van der Waals surface area contributed by atoms with Crippen LogP contribution in [0.4, 0.5) is 0 Å². The van der Waals surface area contributed by atoms with Gasteiger partial charge in [0, 0.05) is 0 Å². The molecular formula is C9H11N3O. The van der Waals surface area contributed by atoms with E-state index < -0.39 is 0 Å². The Bertz CT molecular complexity index is 337. The van der Waals surface area contributed by atoms with Gasteiger partial charge in [0.05, 0.1) is 6.54 Å². The van der Waals surface area contributed by atoms with Gasteiger partial charge in [0.25, 0.3) is 0 Å². The molecule has 1 aromatic carbocycles. The Labute approximate surface area is 76.4 Å². The van der Waals surface area contributed by atoms with E-state index in [-0.39, 0.29) is 5.96 Å². The van der Waals surface area contributed by atoms with Gasteiger partial charge in [-0.2, -0.15) is 0 Å². The molecule has 0 atom stereocenters. The molecule has 3 N–H and O–H groups in total. The summed E-state index contributed by atoms with van der Waals surface area (Å²) in [4.78, 5) is 5.25. The monoisotopic (exact) mass is 177 g/mol. The quantitative estimate of drug-likeness (QED) is 0.455. The van der Waals surface area contributed by atoms with Crippen molar-refractivity contribution < 1.29 is 4.84 Å². The topological polar surface area (TPSA) is 62.3 Å². The Morgan fingerprint density at radius 3 is 2.77 bits per heavy atom. The number of hydrogen-bond acceptors (Lipinski definition) is 2. The molecule has 4 nitrogen and oxygen atoms in total. The van der Waals surface area contributed by atoms with Gasteiger partial charge in [-0.15, -0.1) is 0 Å². The lowest BCUT2D eigenvalue weighted by atomic mass is 10.1. The summed E-state index contributed by atoms with van der Waals surface area (Å²) in [6.45, 7) is 1.06. The average molecular weight is 177 g/mol. The summed E-state index contributed by atoms with van der Waals surface area (Å²) in [6, 6.07) is 7.99. The van der Waals surface area contributed by atoms with Gasteiger partial charge in [-0.3, -0.25) is 10.2 Å². The molecule has 1 aromatic rings. The highest BCUT2D eigenvalue weighted by molar-refractivity contribution is 5.73. The molecule has 1 aliphatic rings. The minimum absolute atomic E-state index is 0.0468. The zero-order chi connectivity index (χ0) is 9.26. The van der Waals surface area contributed by atoms with E-state index in [0.29, 0.717) is 13.2 Å². The lowest BCUT2D eigenvalue weighted by molar-refractivity contribution is -0.130. The van der Waals surface area contributed by atoms with Gasteiger partial charge in [0.2, 0.25) is 5.96 Å². The van der Waals surface area contributed by atoms with Crippen molar-refractivity contribution in [3.05, 3.63) is 35.4 Å². The van der Waals surface area contributed by atoms with E-state index in [4.69, 9.17) is 16.0 Å². The molecule has 0 saturated heterocycles. The minimum atomic E-state index is -0.0468. The first-order chi connectivity index (χ1) is 6.27. The maximum absolute atomic E-state index is 7.21. The molecule has 1 heterocycles. The second-order valence-electron chi connectivity index (χ2n) is 2.96. The number of fused-ring (bicyclic) bond motifs is 1. The molecule has 0 bridgehead atoms. The Kier molecular flexibility index (Phi) is 1.90. The molecule has 13 heavy (non-hydrogen) atoms. The van der Waals surface area contributed by atoms with Crippen molar-refractivity contribution in [2.24, 2.45) is 5.73 Å². The molecule has 0 amide bonds. The fraction of sp³-hybridized carbons (Fsp3) is 0.222. The smallest absolute Gasteiger partial charge is 0.213 e. The zero-order valence-corrected chi connectivity index (χ0v) is 7.16. The Morgan fingerprint density at radius 1 is 1.38 bits per heavy atom. The van der Waals surface area contributed by atoms with E-state index in [2.05, 4.69) is 0 Å². The van der Waals surface area contributed by atoms with Crippen molar-refractivity contribution in [2.45, 2.75) is 13.2 Å². The van der Waals surface area contributed by atoms with Gasteiger partial charge >= 0.3 is 0 Å². The number of guanidine groups is 1. The predicted molar refractivity (Wildman–Crippen MR) is 48.7 cm³/mol. The second-order valence-corrected chi connectivity index (χ2v) is 2.96. The maximum atomic E-state index is 7.21. The summed E-state index contributed by atoms with van der Waals surface area (Å²) in [7, 11) is 0. The zero-order valence-electron chi connectivity index (χ0n) is 7.16. The fourth-order valence-electron chi connectivity index (χ4n) is 1.36. The highest BCUT2D eigenvalue weighted by Crippen LogP contribution is 2.18. The standard InChI is InChI=1S/C9H11N3O/c10-9(11)12-5-7-3-1-2-4-8(7)6-13-12/h1-4H,5-6H2,(H3,10,11). The molecule has 0 spiro atoms. The van der Waals surface area contributed by atoms with Crippen molar-refractivity contribution in [1.29, 1.82) is 5.41 Å². The first-order valence-corrected chi connectivity index (χ1v) is 4.08. The van der Waals surface area contributed by atoms with Crippen LogP contribution >= 0.6 is 0 Å². The molecule has 0 aromatic heterocycles. The van der Waals surface area contributed by atoms with Crippen molar-refractivity contribution in [1.82, 2.24) is 5.06 Å². The number of nitrogens with one attached hydrogen (secondary N) is 1. The maximum Gasteiger partial charge on any atom is 0.213 e. The van der Waals surface area contributed by atoms with E-state index in [1.165, 1.54) is 16.2 Å². The van der Waals surface area contributed by atoms with Gasteiger partial charge in [-0.1, -0.05) is 24.3 Å². The summed E-state index contributed by atoms with van der Waals surface area (Å²) in [5.74, 6) is -0.0468. The van der Waals surface area contributed by atoms with Crippen molar-refractivity contribution in [3.8, 4) is 0 Å². The summed E-state index contributed by atoms with van der Waals surface area (Å²) >= 11 is 0. The number of nitrogens with zero attached hydrogens (tertiary/aromatic N) is 1. The van der Waals surface area contributed by atoms with Crippen molar-refractivity contribution >= 4 is 5.96 Å². The van der Waals surface area contributed by atoms with Crippen LogP contribution in [-0.4, -0.2) is 11.0 Å². The van der Waals surface area contributed by atoms with Gasteiger partial charge < -0.3 is 5.73 Å². The molecule has 68 valence electrons. The van der Waals surface area contributed by atoms with Gasteiger partial charge in [-0.25, -0.2) is 5.06 Å². The molecule has 2 rings (SSSR count). The summed E-state index contributed by atoms with van der Waals surface area (Å²) in [6.07, 6.45) is 0. The van der Waals surface area contributed by atoms with E-state index in [9.17, 15) is 0 Å². The van der Waals surface area contributed by atoms with E-state index in [0.717, 1.165) is 0 Å². The average Bonchev–Trinajstić information content (AvgIpc) is 2.17. The van der Waals surface area contributed by atoms with Gasteiger partial charge in [0.15, 0.2) is 0 Å². The first-order valence-electron chi connectivity index (χ1n) is 4.08. The van der Waals surface area contributed by atoms with Crippen molar-refractivity contribution in [2.75, 3.05) is 0 Å². The van der Waals surface area contributed by atoms with Crippen LogP contribution in [0.3, 0.4) is 0 Å². The van der Waals surface area contributed by atoms with Crippen LogP contribution in [-0.2, 0) is 18.0 Å². The highest BCUT2D eigenvalue weighted by atomic mass is 16.7. The number of rotatable bonds is 0. The second kappa shape index (κ2) is 3.06. The summed E-state index contributed by atoms with van der Waals surface area (Å²) in [5, 5.41) is 8.60. The molecule has 0 saturated carbocycles.